The molecular weight excluding hydrogens is 448 g/mol. The van der Waals surface area contributed by atoms with Crippen LogP contribution in [-0.2, 0) is 4.74 Å². The van der Waals surface area contributed by atoms with E-state index in [1.54, 1.807) is 13.1 Å². The Balaban J connectivity index is 0.00000484. The molecule has 0 heterocycles. The second-order valence-electron chi connectivity index (χ2n) is 4.93. The largest absolute Gasteiger partial charge is 0.382 e. The number of nitrogens with zero attached hydrogens (tertiary/aromatic N) is 1. The molecule has 2 N–H and O–H groups in total. The van der Waals surface area contributed by atoms with Gasteiger partial charge in [0.1, 0.15) is 0 Å². The maximum Gasteiger partial charge on any atom is 0.191 e. The molecule has 1 aromatic rings. The minimum Gasteiger partial charge on any atom is -0.382 e. The minimum absolute atomic E-state index is 0. The van der Waals surface area contributed by atoms with E-state index in [2.05, 4.69) is 15.6 Å². The van der Waals surface area contributed by atoms with E-state index in [4.69, 9.17) is 27.9 Å². The van der Waals surface area contributed by atoms with Crippen molar-refractivity contribution >= 4 is 53.1 Å². The van der Waals surface area contributed by atoms with Crippen molar-refractivity contribution < 1.29 is 4.74 Å². The molecule has 1 atom stereocenters. The number of hydrogen-bond donors (Lipinski definition) is 2. The monoisotopic (exact) mass is 473 g/mol. The molecule has 0 radical (unpaired) electrons. The normalized spacial score (nSPS) is 12.5. The highest BCUT2D eigenvalue weighted by Gasteiger charge is 2.11. The van der Waals surface area contributed by atoms with E-state index >= 15 is 0 Å². The van der Waals surface area contributed by atoms with Gasteiger partial charge in [-0.05, 0) is 44.4 Å². The fourth-order valence-corrected chi connectivity index (χ4v) is 2.58. The van der Waals surface area contributed by atoms with Crippen LogP contribution in [0.15, 0.2) is 23.2 Å². The molecule has 0 aromatic heterocycles. The molecule has 0 fully saturated rings. The lowest BCUT2D eigenvalue weighted by Gasteiger charge is -2.19. The van der Waals surface area contributed by atoms with E-state index in [0.717, 1.165) is 44.1 Å². The van der Waals surface area contributed by atoms with Crippen LogP contribution in [0.2, 0.25) is 10.0 Å². The van der Waals surface area contributed by atoms with Crippen LogP contribution in [0.25, 0.3) is 0 Å². The summed E-state index contributed by atoms with van der Waals surface area (Å²) < 4.78 is 5.31. The summed E-state index contributed by atoms with van der Waals surface area (Å²) in [7, 11) is 1.76. The molecule has 1 rings (SSSR count). The van der Waals surface area contributed by atoms with E-state index in [1.807, 2.05) is 26.0 Å². The Labute approximate surface area is 166 Å². The van der Waals surface area contributed by atoms with Crippen molar-refractivity contribution in [3.8, 4) is 0 Å². The van der Waals surface area contributed by atoms with Crippen LogP contribution in [-0.4, -0.2) is 32.8 Å². The molecule has 0 saturated carbocycles. The lowest BCUT2D eigenvalue weighted by Crippen LogP contribution is -2.39. The van der Waals surface area contributed by atoms with Crippen LogP contribution in [0.1, 0.15) is 38.3 Å². The molecule has 23 heavy (non-hydrogen) atoms. The number of ether oxygens (including phenoxy) is 1. The fraction of sp³-hybridized carbons (Fsp3) is 0.562. The predicted octanol–water partition coefficient (Wildman–Crippen LogP) is 4.65. The van der Waals surface area contributed by atoms with Crippen LogP contribution >= 0.6 is 47.2 Å². The van der Waals surface area contributed by atoms with Crippen molar-refractivity contribution in [2.24, 2.45) is 4.99 Å². The van der Waals surface area contributed by atoms with Gasteiger partial charge in [0.05, 0.1) is 6.04 Å². The van der Waals surface area contributed by atoms with Crippen LogP contribution in [0, 0.1) is 0 Å². The molecule has 132 valence electrons. The summed E-state index contributed by atoms with van der Waals surface area (Å²) >= 11 is 12.2. The summed E-state index contributed by atoms with van der Waals surface area (Å²) in [4.78, 5) is 4.23. The van der Waals surface area contributed by atoms with Crippen LogP contribution in [0.5, 0.6) is 0 Å². The molecule has 0 spiro atoms. The predicted molar refractivity (Wildman–Crippen MR) is 111 cm³/mol. The second-order valence-corrected chi connectivity index (χ2v) is 5.78. The number of halogens is 3. The number of rotatable bonds is 8. The molecule has 0 bridgehead atoms. The molecule has 0 saturated heterocycles. The van der Waals surface area contributed by atoms with Crippen LogP contribution in [0.3, 0.4) is 0 Å². The molecule has 0 aliphatic rings. The van der Waals surface area contributed by atoms with Gasteiger partial charge in [-0.15, -0.1) is 24.0 Å². The summed E-state index contributed by atoms with van der Waals surface area (Å²) in [6.45, 7) is 6.48. The summed E-state index contributed by atoms with van der Waals surface area (Å²) in [5.74, 6) is 0.759. The average Bonchev–Trinajstić information content (AvgIpc) is 2.49. The molecule has 1 aromatic carbocycles. The number of nitrogens with one attached hydrogen (secondary N) is 2. The van der Waals surface area contributed by atoms with E-state index in [1.165, 1.54) is 0 Å². The topological polar surface area (TPSA) is 45.6 Å². The number of guanidine groups is 1. The zero-order valence-electron chi connectivity index (χ0n) is 13.9. The number of hydrogen-bond acceptors (Lipinski definition) is 2. The maximum atomic E-state index is 6.23. The Kier molecular flexibility index (Phi) is 13.0. The Hall–Kier alpha value is -0.240. The number of benzene rings is 1. The molecule has 1 unspecified atom stereocenters. The molecule has 7 heteroatoms. The van der Waals surface area contributed by atoms with Gasteiger partial charge in [0.15, 0.2) is 5.96 Å². The second kappa shape index (κ2) is 13.1. The zero-order chi connectivity index (χ0) is 16.4. The van der Waals surface area contributed by atoms with Crippen LogP contribution in [0.4, 0.5) is 0 Å². The highest BCUT2D eigenvalue weighted by Crippen LogP contribution is 2.25. The lowest BCUT2D eigenvalue weighted by atomic mass is 10.1. The highest BCUT2D eigenvalue weighted by molar-refractivity contribution is 14.0. The number of aliphatic imine (C=N–C) groups is 1. The third-order valence-corrected chi connectivity index (χ3v) is 3.78. The van der Waals surface area contributed by atoms with Gasteiger partial charge in [-0.25, -0.2) is 0 Å². The van der Waals surface area contributed by atoms with Gasteiger partial charge in [-0.2, -0.15) is 0 Å². The summed E-state index contributed by atoms with van der Waals surface area (Å²) in [6, 6.07) is 5.56. The van der Waals surface area contributed by atoms with Crippen molar-refractivity contribution in [1.82, 2.24) is 10.6 Å². The van der Waals surface area contributed by atoms with E-state index in [9.17, 15) is 0 Å². The van der Waals surface area contributed by atoms with Crippen molar-refractivity contribution in [2.45, 2.75) is 32.7 Å². The first kappa shape index (κ1) is 22.8. The van der Waals surface area contributed by atoms with Gasteiger partial charge in [0.2, 0.25) is 0 Å². The van der Waals surface area contributed by atoms with Gasteiger partial charge in [-0.1, -0.05) is 29.3 Å². The quantitative estimate of drug-likeness (QED) is 0.250. The first-order valence-electron chi connectivity index (χ1n) is 7.58. The van der Waals surface area contributed by atoms with Crippen LogP contribution < -0.4 is 10.6 Å². The molecule has 4 nitrogen and oxygen atoms in total. The maximum absolute atomic E-state index is 6.23. The molecular formula is C16H26Cl2IN3O. The summed E-state index contributed by atoms with van der Waals surface area (Å²) in [5.41, 5.74) is 0.991. The summed E-state index contributed by atoms with van der Waals surface area (Å²) in [5, 5.41) is 7.91. The van der Waals surface area contributed by atoms with Gasteiger partial charge in [0, 0.05) is 36.9 Å². The standard InChI is InChI=1S/C16H25Cl2N3O.HI/c1-4-22-10-6-5-9-20-16(19-3)21-12(2)14-8-7-13(17)11-15(14)18;/h7-8,11-12H,4-6,9-10H2,1-3H3,(H2,19,20,21);1H. The first-order chi connectivity index (χ1) is 10.6. The van der Waals surface area contributed by atoms with Crippen molar-refractivity contribution in [2.75, 3.05) is 26.8 Å². The third kappa shape index (κ3) is 8.98. The Bertz CT molecular complexity index is 486. The van der Waals surface area contributed by atoms with Crippen molar-refractivity contribution in [1.29, 1.82) is 0 Å². The molecule has 0 aliphatic heterocycles. The van der Waals surface area contributed by atoms with Crippen molar-refractivity contribution in [3.63, 3.8) is 0 Å². The van der Waals surface area contributed by atoms with Gasteiger partial charge < -0.3 is 15.4 Å². The average molecular weight is 474 g/mol. The smallest absolute Gasteiger partial charge is 0.191 e. The van der Waals surface area contributed by atoms with Gasteiger partial charge in [-0.3, -0.25) is 4.99 Å². The Morgan fingerprint density at radius 1 is 1.30 bits per heavy atom. The Morgan fingerprint density at radius 3 is 2.65 bits per heavy atom. The van der Waals surface area contributed by atoms with E-state index in [0.29, 0.717) is 10.0 Å². The lowest BCUT2D eigenvalue weighted by molar-refractivity contribution is 0.143. The SMILES string of the molecule is CCOCCCCNC(=NC)NC(C)c1ccc(Cl)cc1Cl.I. The molecule has 0 amide bonds. The van der Waals surface area contributed by atoms with Crippen molar-refractivity contribution in [3.05, 3.63) is 33.8 Å². The number of unbranched alkanes of at least 4 members (excludes halogenated alkanes) is 1. The minimum atomic E-state index is 0. The van der Waals surface area contributed by atoms with E-state index in [-0.39, 0.29) is 30.0 Å². The fourth-order valence-electron chi connectivity index (χ4n) is 2.01. The summed E-state index contributed by atoms with van der Waals surface area (Å²) in [6.07, 6.45) is 2.08. The zero-order valence-corrected chi connectivity index (χ0v) is 17.7. The van der Waals surface area contributed by atoms with E-state index < -0.39 is 0 Å². The van der Waals surface area contributed by atoms with Gasteiger partial charge in [0.25, 0.3) is 0 Å². The van der Waals surface area contributed by atoms with Gasteiger partial charge >= 0.3 is 0 Å². The third-order valence-electron chi connectivity index (χ3n) is 3.22. The molecule has 0 aliphatic carbocycles. The Morgan fingerprint density at radius 2 is 2.04 bits per heavy atom. The highest BCUT2D eigenvalue weighted by atomic mass is 127. The first-order valence-corrected chi connectivity index (χ1v) is 8.34.